The highest BCUT2D eigenvalue weighted by Crippen LogP contribution is 2.14. The normalized spacial score (nSPS) is 10.1. The Balaban J connectivity index is 2.39. The van der Waals surface area contributed by atoms with Crippen LogP contribution in [0.15, 0.2) is 48.5 Å². The number of carbonyl (C=O) groups is 1. The molecule has 0 aromatic heterocycles. The second kappa shape index (κ2) is 4.78. The van der Waals surface area contributed by atoms with Gasteiger partial charge in [0.15, 0.2) is 5.78 Å². The third-order valence-electron chi connectivity index (χ3n) is 2.37. The second-order valence-electron chi connectivity index (χ2n) is 3.71. The van der Waals surface area contributed by atoms with Crippen molar-refractivity contribution in [2.75, 3.05) is 0 Å². The van der Waals surface area contributed by atoms with Crippen molar-refractivity contribution in [3.05, 3.63) is 68.8 Å². The van der Waals surface area contributed by atoms with E-state index in [-0.39, 0.29) is 5.78 Å². The average molecular weight is 322 g/mol. The van der Waals surface area contributed by atoms with Crippen LogP contribution >= 0.6 is 22.6 Å². The minimum Gasteiger partial charge on any atom is -0.289 e. The Kier molecular flexibility index (Phi) is 3.39. The fraction of sp³-hybridized carbons (Fsp3) is 0.0714. The van der Waals surface area contributed by atoms with E-state index in [0.29, 0.717) is 0 Å². The summed E-state index contributed by atoms with van der Waals surface area (Å²) in [6.45, 7) is 1.99. The molecule has 0 unspecified atom stereocenters. The molecular weight excluding hydrogens is 311 g/mol. The first-order valence-corrected chi connectivity index (χ1v) is 6.11. The molecule has 0 saturated heterocycles. The van der Waals surface area contributed by atoms with Crippen LogP contribution in [0.1, 0.15) is 21.5 Å². The highest BCUT2D eigenvalue weighted by atomic mass is 127. The SMILES string of the molecule is Cc1cccc(C(=O)c2cccc(I)c2)c1. The fourth-order valence-electron chi connectivity index (χ4n) is 1.58. The van der Waals surface area contributed by atoms with Gasteiger partial charge < -0.3 is 0 Å². The maximum atomic E-state index is 12.1. The molecular formula is C14H11IO. The Hall–Kier alpha value is -1.16. The Morgan fingerprint density at radius 1 is 1.00 bits per heavy atom. The molecule has 0 aliphatic heterocycles. The summed E-state index contributed by atoms with van der Waals surface area (Å²) in [6, 6.07) is 15.3. The van der Waals surface area contributed by atoms with Crippen molar-refractivity contribution < 1.29 is 4.79 Å². The van der Waals surface area contributed by atoms with Gasteiger partial charge in [-0.05, 0) is 47.7 Å². The van der Waals surface area contributed by atoms with Gasteiger partial charge in [0.2, 0.25) is 0 Å². The molecule has 0 spiro atoms. The molecule has 2 rings (SSSR count). The lowest BCUT2D eigenvalue weighted by Gasteiger charge is -2.02. The van der Waals surface area contributed by atoms with Crippen LogP contribution in [0, 0.1) is 10.5 Å². The van der Waals surface area contributed by atoms with Crippen molar-refractivity contribution in [1.82, 2.24) is 0 Å². The highest BCUT2D eigenvalue weighted by molar-refractivity contribution is 14.1. The molecule has 0 aliphatic rings. The molecule has 2 aromatic carbocycles. The number of aryl methyl sites for hydroxylation is 1. The molecule has 80 valence electrons. The van der Waals surface area contributed by atoms with Gasteiger partial charge in [0.25, 0.3) is 0 Å². The zero-order valence-electron chi connectivity index (χ0n) is 8.91. The van der Waals surface area contributed by atoms with Crippen molar-refractivity contribution in [3.63, 3.8) is 0 Å². The van der Waals surface area contributed by atoms with Crippen LogP contribution in [-0.2, 0) is 0 Å². The van der Waals surface area contributed by atoms with Gasteiger partial charge >= 0.3 is 0 Å². The van der Waals surface area contributed by atoms with E-state index in [2.05, 4.69) is 22.6 Å². The van der Waals surface area contributed by atoms with Crippen molar-refractivity contribution in [2.24, 2.45) is 0 Å². The molecule has 0 heterocycles. The minimum absolute atomic E-state index is 0.0854. The first-order chi connectivity index (χ1) is 7.66. The number of ketones is 1. The summed E-state index contributed by atoms with van der Waals surface area (Å²) in [5.41, 5.74) is 2.61. The molecule has 0 atom stereocenters. The molecule has 1 nitrogen and oxygen atoms in total. The van der Waals surface area contributed by atoms with E-state index in [4.69, 9.17) is 0 Å². The Morgan fingerprint density at radius 3 is 2.25 bits per heavy atom. The van der Waals surface area contributed by atoms with Crippen molar-refractivity contribution in [1.29, 1.82) is 0 Å². The van der Waals surface area contributed by atoms with Crippen LogP contribution in [0.3, 0.4) is 0 Å². The fourth-order valence-corrected chi connectivity index (χ4v) is 2.13. The summed E-state index contributed by atoms with van der Waals surface area (Å²) in [5.74, 6) is 0.0854. The first-order valence-electron chi connectivity index (χ1n) is 5.04. The summed E-state index contributed by atoms with van der Waals surface area (Å²) >= 11 is 2.21. The van der Waals surface area contributed by atoms with Crippen LogP contribution in [0.2, 0.25) is 0 Å². The average Bonchev–Trinajstić information content (AvgIpc) is 2.28. The molecule has 2 aromatic rings. The lowest BCUT2D eigenvalue weighted by atomic mass is 10.0. The van der Waals surface area contributed by atoms with E-state index in [1.165, 1.54) is 0 Å². The molecule has 0 saturated carbocycles. The quantitative estimate of drug-likeness (QED) is 0.607. The monoisotopic (exact) mass is 322 g/mol. The van der Waals surface area contributed by atoms with Crippen LogP contribution in [0.5, 0.6) is 0 Å². The molecule has 0 radical (unpaired) electrons. The zero-order chi connectivity index (χ0) is 11.5. The summed E-state index contributed by atoms with van der Waals surface area (Å²) in [5, 5.41) is 0. The van der Waals surface area contributed by atoms with Gasteiger partial charge in [-0.25, -0.2) is 0 Å². The van der Waals surface area contributed by atoms with Gasteiger partial charge in [0, 0.05) is 14.7 Å². The number of hydrogen-bond acceptors (Lipinski definition) is 1. The molecule has 0 aliphatic carbocycles. The van der Waals surface area contributed by atoms with Gasteiger partial charge in [-0.1, -0.05) is 35.9 Å². The lowest BCUT2D eigenvalue weighted by Crippen LogP contribution is -2.01. The number of halogens is 1. The van der Waals surface area contributed by atoms with Crippen molar-refractivity contribution >= 4 is 28.4 Å². The minimum atomic E-state index is 0.0854. The van der Waals surface area contributed by atoms with E-state index in [1.807, 2.05) is 55.5 Å². The number of hydrogen-bond donors (Lipinski definition) is 0. The maximum Gasteiger partial charge on any atom is 0.193 e. The summed E-state index contributed by atoms with van der Waals surface area (Å²) < 4.78 is 1.08. The van der Waals surface area contributed by atoms with Gasteiger partial charge in [0.05, 0.1) is 0 Å². The molecule has 16 heavy (non-hydrogen) atoms. The van der Waals surface area contributed by atoms with E-state index >= 15 is 0 Å². The van der Waals surface area contributed by atoms with Crippen molar-refractivity contribution in [2.45, 2.75) is 6.92 Å². The maximum absolute atomic E-state index is 12.1. The molecule has 2 heteroatoms. The van der Waals surface area contributed by atoms with Crippen LogP contribution in [-0.4, -0.2) is 5.78 Å². The standard InChI is InChI=1S/C14H11IO/c1-10-4-2-5-11(8-10)14(16)12-6-3-7-13(15)9-12/h2-9H,1H3. The Morgan fingerprint density at radius 2 is 1.62 bits per heavy atom. The topological polar surface area (TPSA) is 17.1 Å². The van der Waals surface area contributed by atoms with Gasteiger partial charge in [-0.3, -0.25) is 4.79 Å². The van der Waals surface area contributed by atoms with Crippen molar-refractivity contribution in [3.8, 4) is 0 Å². The highest BCUT2D eigenvalue weighted by Gasteiger charge is 2.08. The predicted octanol–water partition coefficient (Wildman–Crippen LogP) is 3.83. The molecule has 0 amide bonds. The molecule has 0 N–H and O–H groups in total. The second-order valence-corrected chi connectivity index (χ2v) is 4.95. The van der Waals surface area contributed by atoms with Crippen LogP contribution in [0.25, 0.3) is 0 Å². The first kappa shape index (κ1) is 11.3. The summed E-state index contributed by atoms with van der Waals surface area (Å²) in [4.78, 5) is 12.1. The molecule has 0 bridgehead atoms. The van der Waals surface area contributed by atoms with Gasteiger partial charge in [-0.2, -0.15) is 0 Å². The molecule has 0 fully saturated rings. The van der Waals surface area contributed by atoms with Gasteiger partial charge in [-0.15, -0.1) is 0 Å². The van der Waals surface area contributed by atoms with E-state index < -0.39 is 0 Å². The predicted molar refractivity (Wildman–Crippen MR) is 73.8 cm³/mol. The lowest BCUT2D eigenvalue weighted by molar-refractivity contribution is 0.103. The Bertz CT molecular complexity index is 484. The number of rotatable bonds is 2. The number of benzene rings is 2. The van der Waals surface area contributed by atoms with E-state index in [0.717, 1.165) is 20.3 Å². The van der Waals surface area contributed by atoms with E-state index in [1.54, 1.807) is 0 Å². The zero-order valence-corrected chi connectivity index (χ0v) is 11.1. The number of carbonyl (C=O) groups excluding carboxylic acids is 1. The van der Waals surface area contributed by atoms with Crippen LogP contribution < -0.4 is 0 Å². The third kappa shape index (κ3) is 2.50. The smallest absolute Gasteiger partial charge is 0.193 e. The summed E-state index contributed by atoms with van der Waals surface area (Å²) in [6.07, 6.45) is 0. The van der Waals surface area contributed by atoms with E-state index in [9.17, 15) is 4.79 Å². The van der Waals surface area contributed by atoms with Gasteiger partial charge in [0.1, 0.15) is 0 Å². The third-order valence-corrected chi connectivity index (χ3v) is 3.04. The summed E-state index contributed by atoms with van der Waals surface area (Å²) in [7, 11) is 0. The van der Waals surface area contributed by atoms with Crippen LogP contribution in [0.4, 0.5) is 0 Å². The Labute approximate surface area is 109 Å². The largest absolute Gasteiger partial charge is 0.289 e.